The summed E-state index contributed by atoms with van der Waals surface area (Å²) in [6, 6.07) is 3.96. The van der Waals surface area contributed by atoms with Crippen molar-refractivity contribution < 1.29 is 9.13 Å². The third-order valence-corrected chi connectivity index (χ3v) is 3.40. The molecule has 0 spiro atoms. The van der Waals surface area contributed by atoms with Gasteiger partial charge in [0, 0.05) is 30.1 Å². The summed E-state index contributed by atoms with van der Waals surface area (Å²) in [5.41, 5.74) is 0.990. The van der Waals surface area contributed by atoms with Gasteiger partial charge in [0.1, 0.15) is 11.6 Å². The summed E-state index contributed by atoms with van der Waals surface area (Å²) in [4.78, 5) is 0. The van der Waals surface area contributed by atoms with E-state index in [1.807, 2.05) is 0 Å². The summed E-state index contributed by atoms with van der Waals surface area (Å²) >= 11 is 5.80. The Labute approximate surface area is 98.7 Å². The normalized spacial score (nSPS) is 23.8. The number of fused-ring (bicyclic) bond motifs is 1. The van der Waals surface area contributed by atoms with Gasteiger partial charge in [-0.2, -0.15) is 0 Å². The molecule has 0 aromatic heterocycles. The molecule has 1 heterocycles. The molecule has 16 heavy (non-hydrogen) atoms. The van der Waals surface area contributed by atoms with Crippen molar-refractivity contribution in [2.75, 3.05) is 6.61 Å². The minimum atomic E-state index is -0.410. The predicted octanol–water partition coefficient (Wildman–Crippen LogP) is 3.05. The summed E-state index contributed by atoms with van der Waals surface area (Å²) in [7, 11) is 0. The molecule has 1 aromatic carbocycles. The van der Waals surface area contributed by atoms with Crippen molar-refractivity contribution >= 4 is 11.6 Å². The molecule has 0 saturated heterocycles. The highest BCUT2D eigenvalue weighted by atomic mass is 35.5. The first-order valence-corrected chi connectivity index (χ1v) is 5.99. The Kier molecular flexibility index (Phi) is 2.52. The Bertz CT molecular complexity index is 420. The number of nitrogens with one attached hydrogen (secondary N) is 1. The molecule has 3 rings (SSSR count). The van der Waals surface area contributed by atoms with Gasteiger partial charge in [-0.05, 0) is 18.9 Å². The molecule has 0 bridgehead atoms. The zero-order valence-corrected chi connectivity index (χ0v) is 9.56. The number of ether oxygens (including phenoxy) is 1. The highest BCUT2D eigenvalue weighted by molar-refractivity contribution is 6.30. The maximum Gasteiger partial charge on any atom is 0.145 e. The Morgan fingerprint density at radius 2 is 2.12 bits per heavy atom. The van der Waals surface area contributed by atoms with E-state index < -0.39 is 5.82 Å². The van der Waals surface area contributed by atoms with E-state index in [1.165, 1.54) is 18.9 Å². The van der Waals surface area contributed by atoms with Gasteiger partial charge in [0.2, 0.25) is 0 Å². The van der Waals surface area contributed by atoms with Crippen molar-refractivity contribution in [2.24, 2.45) is 0 Å². The first-order chi connectivity index (χ1) is 7.74. The summed E-state index contributed by atoms with van der Waals surface area (Å²) < 4.78 is 18.7. The van der Waals surface area contributed by atoms with Crippen LogP contribution in [0.1, 0.15) is 30.9 Å². The van der Waals surface area contributed by atoms with Crippen molar-refractivity contribution in [2.45, 2.75) is 31.3 Å². The topological polar surface area (TPSA) is 21.3 Å². The number of hydrogen-bond acceptors (Lipinski definition) is 2. The fourth-order valence-corrected chi connectivity index (χ4v) is 2.26. The average Bonchev–Trinajstić information content (AvgIpc) is 3.05. The molecule has 2 aliphatic rings. The van der Waals surface area contributed by atoms with Gasteiger partial charge in [0.25, 0.3) is 0 Å². The third kappa shape index (κ3) is 1.89. The molecule has 1 N–H and O–H groups in total. The van der Waals surface area contributed by atoms with Crippen LogP contribution in [-0.2, 0) is 0 Å². The van der Waals surface area contributed by atoms with Gasteiger partial charge in [0.15, 0.2) is 0 Å². The van der Waals surface area contributed by atoms with E-state index in [-0.39, 0.29) is 11.1 Å². The van der Waals surface area contributed by atoms with Crippen molar-refractivity contribution in [1.29, 1.82) is 0 Å². The predicted molar refractivity (Wildman–Crippen MR) is 60.4 cm³/mol. The van der Waals surface area contributed by atoms with Crippen LogP contribution in [0.2, 0.25) is 5.02 Å². The molecule has 1 aliphatic carbocycles. The van der Waals surface area contributed by atoms with Gasteiger partial charge in [-0.3, -0.25) is 0 Å². The monoisotopic (exact) mass is 241 g/mol. The molecule has 0 radical (unpaired) electrons. The molecule has 86 valence electrons. The van der Waals surface area contributed by atoms with Crippen LogP contribution in [0.5, 0.6) is 5.75 Å². The zero-order valence-electron chi connectivity index (χ0n) is 8.80. The highest BCUT2D eigenvalue weighted by Crippen LogP contribution is 2.37. The SMILES string of the molecule is Fc1cc2c(cc1Cl)C(NC1CC1)CCO2. The van der Waals surface area contributed by atoms with E-state index in [0.29, 0.717) is 18.4 Å². The minimum Gasteiger partial charge on any atom is -0.493 e. The zero-order chi connectivity index (χ0) is 11.1. The third-order valence-electron chi connectivity index (χ3n) is 3.11. The lowest BCUT2D eigenvalue weighted by atomic mass is 10.0. The number of benzene rings is 1. The fraction of sp³-hybridized carbons (Fsp3) is 0.500. The first kappa shape index (κ1) is 10.4. The molecule has 1 atom stereocenters. The van der Waals surface area contributed by atoms with Gasteiger partial charge in [-0.1, -0.05) is 11.6 Å². The smallest absolute Gasteiger partial charge is 0.145 e. The van der Waals surface area contributed by atoms with Crippen molar-refractivity contribution in [3.8, 4) is 5.75 Å². The van der Waals surface area contributed by atoms with Crippen LogP contribution in [0, 0.1) is 5.82 Å². The van der Waals surface area contributed by atoms with Crippen molar-refractivity contribution in [1.82, 2.24) is 5.32 Å². The van der Waals surface area contributed by atoms with E-state index in [9.17, 15) is 4.39 Å². The van der Waals surface area contributed by atoms with Crippen molar-refractivity contribution in [3.05, 3.63) is 28.5 Å². The minimum absolute atomic E-state index is 0.173. The molecule has 1 aromatic rings. The Balaban J connectivity index is 1.93. The van der Waals surface area contributed by atoms with Crippen molar-refractivity contribution in [3.63, 3.8) is 0 Å². The molecule has 4 heteroatoms. The Hall–Kier alpha value is -0.800. The summed E-state index contributed by atoms with van der Waals surface area (Å²) in [6.45, 7) is 0.637. The lowest BCUT2D eigenvalue weighted by Crippen LogP contribution is -2.28. The number of halogens is 2. The molecule has 0 amide bonds. The summed E-state index contributed by atoms with van der Waals surface area (Å²) in [6.07, 6.45) is 3.40. The molecule has 1 aliphatic heterocycles. The molecular formula is C12H13ClFNO. The van der Waals surface area contributed by atoms with Crippen LogP contribution >= 0.6 is 11.6 Å². The van der Waals surface area contributed by atoms with Crippen LogP contribution in [0.4, 0.5) is 4.39 Å². The van der Waals surface area contributed by atoms with E-state index in [0.717, 1.165) is 12.0 Å². The largest absolute Gasteiger partial charge is 0.493 e. The van der Waals surface area contributed by atoms with E-state index in [4.69, 9.17) is 16.3 Å². The maximum atomic E-state index is 13.3. The second kappa shape index (κ2) is 3.90. The van der Waals surface area contributed by atoms with Crippen LogP contribution < -0.4 is 10.1 Å². The van der Waals surface area contributed by atoms with Gasteiger partial charge in [-0.15, -0.1) is 0 Å². The highest BCUT2D eigenvalue weighted by Gasteiger charge is 2.29. The van der Waals surface area contributed by atoms with E-state index >= 15 is 0 Å². The molecule has 1 fully saturated rings. The average molecular weight is 242 g/mol. The fourth-order valence-electron chi connectivity index (χ4n) is 2.09. The second-order valence-electron chi connectivity index (χ2n) is 4.43. The molecule has 1 saturated carbocycles. The van der Waals surface area contributed by atoms with Crippen LogP contribution in [0.3, 0.4) is 0 Å². The molecule has 2 nitrogen and oxygen atoms in total. The van der Waals surface area contributed by atoms with Gasteiger partial charge in [0.05, 0.1) is 11.6 Å². The van der Waals surface area contributed by atoms with Crippen LogP contribution in [0.25, 0.3) is 0 Å². The van der Waals surface area contributed by atoms with Gasteiger partial charge < -0.3 is 10.1 Å². The second-order valence-corrected chi connectivity index (χ2v) is 4.84. The summed E-state index contributed by atoms with van der Waals surface area (Å²) in [5.74, 6) is 0.221. The number of hydrogen-bond donors (Lipinski definition) is 1. The summed E-state index contributed by atoms with van der Waals surface area (Å²) in [5, 5.41) is 3.71. The van der Waals surface area contributed by atoms with E-state index in [2.05, 4.69) is 5.32 Å². The van der Waals surface area contributed by atoms with Gasteiger partial charge >= 0.3 is 0 Å². The lowest BCUT2D eigenvalue weighted by molar-refractivity contribution is 0.251. The van der Waals surface area contributed by atoms with Gasteiger partial charge in [-0.25, -0.2) is 4.39 Å². The Morgan fingerprint density at radius 1 is 1.31 bits per heavy atom. The molecular weight excluding hydrogens is 229 g/mol. The van der Waals surface area contributed by atoms with Crippen LogP contribution in [-0.4, -0.2) is 12.6 Å². The quantitative estimate of drug-likeness (QED) is 0.859. The molecule has 1 unspecified atom stereocenters. The van der Waals surface area contributed by atoms with E-state index in [1.54, 1.807) is 6.07 Å². The standard InChI is InChI=1S/C12H13ClFNO/c13-9-5-8-11(15-7-1-2-7)3-4-16-12(8)6-10(9)14/h5-7,11,15H,1-4H2. The number of rotatable bonds is 2. The Morgan fingerprint density at radius 3 is 2.88 bits per heavy atom. The first-order valence-electron chi connectivity index (χ1n) is 5.62. The maximum absolute atomic E-state index is 13.3. The lowest BCUT2D eigenvalue weighted by Gasteiger charge is -2.27. The van der Waals surface area contributed by atoms with Crippen LogP contribution in [0.15, 0.2) is 12.1 Å².